The van der Waals surface area contributed by atoms with Gasteiger partial charge in [-0.05, 0) is 36.9 Å². The summed E-state index contributed by atoms with van der Waals surface area (Å²) < 4.78 is 24.2. The van der Waals surface area contributed by atoms with E-state index >= 15 is 0 Å². The summed E-state index contributed by atoms with van der Waals surface area (Å²) in [6, 6.07) is 10.6. The zero-order valence-corrected chi connectivity index (χ0v) is 17.7. The van der Waals surface area contributed by atoms with Crippen LogP contribution in [0.15, 0.2) is 48.2 Å². The van der Waals surface area contributed by atoms with E-state index in [9.17, 15) is 14.0 Å². The van der Waals surface area contributed by atoms with Crippen LogP contribution in [0.1, 0.15) is 5.56 Å². The highest BCUT2D eigenvalue weighted by Gasteiger charge is 2.44. The van der Waals surface area contributed by atoms with Crippen molar-refractivity contribution in [3.63, 3.8) is 0 Å². The number of halogens is 1. The number of ether oxygens (including phenoxy) is 2. The van der Waals surface area contributed by atoms with Crippen LogP contribution in [-0.2, 0) is 9.59 Å². The summed E-state index contributed by atoms with van der Waals surface area (Å²) in [6.07, 6.45) is 0. The summed E-state index contributed by atoms with van der Waals surface area (Å²) >= 11 is 0. The molecule has 0 N–H and O–H groups in total. The Morgan fingerprint density at radius 3 is 2.16 bits per heavy atom. The molecule has 0 aliphatic carbocycles. The summed E-state index contributed by atoms with van der Waals surface area (Å²) in [4.78, 5) is 32.4. The van der Waals surface area contributed by atoms with Crippen LogP contribution >= 0.6 is 0 Å². The first kappa shape index (κ1) is 20.9. The largest absolute Gasteiger partial charge is 0.497 e. The summed E-state index contributed by atoms with van der Waals surface area (Å²) in [5, 5.41) is 0. The van der Waals surface area contributed by atoms with E-state index < -0.39 is 17.6 Å². The maximum absolute atomic E-state index is 13.6. The van der Waals surface area contributed by atoms with Crippen LogP contribution in [0.25, 0.3) is 5.57 Å². The van der Waals surface area contributed by atoms with Gasteiger partial charge in [0.05, 0.1) is 25.5 Å². The third kappa shape index (κ3) is 3.74. The third-order valence-electron chi connectivity index (χ3n) is 5.64. The Labute approximate surface area is 180 Å². The van der Waals surface area contributed by atoms with E-state index in [2.05, 4.69) is 4.90 Å². The van der Waals surface area contributed by atoms with Crippen molar-refractivity contribution >= 4 is 23.1 Å². The lowest BCUT2D eigenvalue weighted by Crippen LogP contribution is -2.46. The number of hydrogen-bond acceptors (Lipinski definition) is 6. The van der Waals surface area contributed by atoms with E-state index in [1.807, 2.05) is 11.9 Å². The summed E-state index contributed by atoms with van der Waals surface area (Å²) in [7, 11) is 5.02. The number of nitrogens with zero attached hydrogens (tertiary/aromatic N) is 3. The van der Waals surface area contributed by atoms with Crippen LogP contribution < -0.4 is 14.4 Å². The Bertz CT molecular complexity index is 1040. The lowest BCUT2D eigenvalue weighted by molar-refractivity contribution is -0.120. The molecule has 0 unspecified atom stereocenters. The maximum atomic E-state index is 13.6. The molecule has 2 aromatic rings. The van der Waals surface area contributed by atoms with Gasteiger partial charge in [0.1, 0.15) is 23.0 Å². The quantitative estimate of drug-likeness (QED) is 0.686. The van der Waals surface area contributed by atoms with Crippen molar-refractivity contribution in [1.29, 1.82) is 0 Å². The van der Waals surface area contributed by atoms with Crippen LogP contribution in [0.5, 0.6) is 11.5 Å². The molecule has 7 nitrogen and oxygen atoms in total. The predicted molar refractivity (Wildman–Crippen MR) is 114 cm³/mol. The second-order valence-corrected chi connectivity index (χ2v) is 7.50. The molecule has 0 bridgehead atoms. The zero-order valence-electron chi connectivity index (χ0n) is 17.7. The highest BCUT2D eigenvalue weighted by atomic mass is 19.1. The second-order valence-electron chi connectivity index (χ2n) is 7.50. The number of rotatable bonds is 5. The first-order chi connectivity index (χ1) is 14.9. The summed E-state index contributed by atoms with van der Waals surface area (Å²) in [5.41, 5.74) is 1.45. The summed E-state index contributed by atoms with van der Waals surface area (Å²) in [5.74, 6) is -0.396. The molecular formula is C23H24FN3O4. The minimum atomic E-state index is -0.464. The fourth-order valence-electron chi connectivity index (χ4n) is 3.91. The normalized spacial score (nSPS) is 17.5. The van der Waals surface area contributed by atoms with Gasteiger partial charge < -0.3 is 19.3 Å². The van der Waals surface area contributed by atoms with Gasteiger partial charge in [-0.3, -0.25) is 9.59 Å². The van der Waals surface area contributed by atoms with Gasteiger partial charge in [-0.2, -0.15) is 0 Å². The smallest absolute Gasteiger partial charge is 0.282 e. The van der Waals surface area contributed by atoms with Gasteiger partial charge >= 0.3 is 0 Å². The number of amides is 2. The van der Waals surface area contributed by atoms with Crippen molar-refractivity contribution in [2.45, 2.75) is 0 Å². The number of benzene rings is 2. The molecule has 31 heavy (non-hydrogen) atoms. The minimum absolute atomic E-state index is 0.271. The van der Waals surface area contributed by atoms with Crippen LogP contribution in [0.4, 0.5) is 10.1 Å². The molecule has 8 heteroatoms. The first-order valence-corrected chi connectivity index (χ1v) is 9.99. The Kier molecular flexibility index (Phi) is 5.65. The van der Waals surface area contributed by atoms with Gasteiger partial charge in [-0.25, -0.2) is 9.29 Å². The molecular weight excluding hydrogens is 401 g/mol. The molecule has 2 aliphatic rings. The molecule has 162 valence electrons. The van der Waals surface area contributed by atoms with E-state index in [0.29, 0.717) is 41.5 Å². The number of piperazine rings is 1. The number of anilines is 1. The standard InChI is InChI=1S/C23H24FN3O4/c1-25-10-12-26(13-11-25)21-20(15-4-6-16(24)7-5-15)22(28)27(23(21)29)18-9-8-17(30-2)14-19(18)31-3/h4-9,14H,10-13H2,1-3H3. The number of carbonyl (C=O) groups excluding carboxylic acids is 2. The molecule has 0 aromatic heterocycles. The van der Waals surface area contributed by atoms with Gasteiger partial charge in [0.25, 0.3) is 11.8 Å². The molecule has 1 saturated heterocycles. The highest BCUT2D eigenvalue weighted by molar-refractivity contribution is 6.45. The fourth-order valence-corrected chi connectivity index (χ4v) is 3.91. The maximum Gasteiger partial charge on any atom is 0.282 e. The van der Waals surface area contributed by atoms with Gasteiger partial charge in [0.2, 0.25) is 0 Å². The SMILES string of the molecule is COc1ccc(N2C(=O)C(c3ccc(F)cc3)=C(N3CCN(C)CC3)C2=O)c(OC)c1. The van der Waals surface area contributed by atoms with E-state index in [0.717, 1.165) is 18.0 Å². The van der Waals surface area contributed by atoms with Crippen LogP contribution in [0.2, 0.25) is 0 Å². The molecule has 2 aromatic carbocycles. The summed E-state index contributed by atoms with van der Waals surface area (Å²) in [6.45, 7) is 2.77. The van der Waals surface area contributed by atoms with Gasteiger partial charge in [-0.1, -0.05) is 12.1 Å². The molecule has 2 amide bonds. The van der Waals surface area contributed by atoms with Crippen LogP contribution in [0, 0.1) is 5.82 Å². The molecule has 2 heterocycles. The van der Waals surface area contributed by atoms with Crippen molar-refractivity contribution in [3.8, 4) is 11.5 Å². The molecule has 1 fully saturated rings. The fraction of sp³-hybridized carbons (Fsp3) is 0.304. The minimum Gasteiger partial charge on any atom is -0.497 e. The first-order valence-electron chi connectivity index (χ1n) is 9.99. The number of likely N-dealkylation sites (N-methyl/N-ethyl adjacent to an activating group) is 1. The number of methoxy groups -OCH3 is 2. The van der Waals surface area contributed by atoms with Crippen molar-refractivity contribution in [2.24, 2.45) is 0 Å². The van der Waals surface area contributed by atoms with Gasteiger partial charge in [0.15, 0.2) is 0 Å². The lowest BCUT2D eigenvalue weighted by Gasteiger charge is -2.34. The molecule has 2 aliphatic heterocycles. The van der Waals surface area contributed by atoms with E-state index in [-0.39, 0.29) is 5.57 Å². The van der Waals surface area contributed by atoms with E-state index in [1.165, 1.54) is 38.5 Å². The van der Waals surface area contributed by atoms with Gasteiger partial charge in [0, 0.05) is 32.2 Å². The Morgan fingerprint density at radius 1 is 0.871 bits per heavy atom. The average Bonchev–Trinajstić information content (AvgIpc) is 3.04. The van der Waals surface area contributed by atoms with Crippen molar-refractivity contribution in [3.05, 3.63) is 59.5 Å². The Hall–Kier alpha value is -3.39. The van der Waals surface area contributed by atoms with Gasteiger partial charge in [-0.15, -0.1) is 0 Å². The Balaban J connectivity index is 1.82. The van der Waals surface area contributed by atoms with Crippen LogP contribution in [-0.4, -0.2) is 69.1 Å². The van der Waals surface area contributed by atoms with Crippen molar-refractivity contribution in [1.82, 2.24) is 9.80 Å². The molecule has 0 atom stereocenters. The average molecular weight is 425 g/mol. The second kappa shape index (κ2) is 8.39. The topological polar surface area (TPSA) is 62.3 Å². The van der Waals surface area contributed by atoms with E-state index in [4.69, 9.17) is 9.47 Å². The van der Waals surface area contributed by atoms with Crippen molar-refractivity contribution < 1.29 is 23.5 Å². The van der Waals surface area contributed by atoms with E-state index in [1.54, 1.807) is 18.2 Å². The van der Waals surface area contributed by atoms with Crippen molar-refractivity contribution in [2.75, 3.05) is 52.3 Å². The zero-order chi connectivity index (χ0) is 22.1. The molecule has 4 rings (SSSR count). The number of carbonyl (C=O) groups is 2. The van der Waals surface area contributed by atoms with Crippen LogP contribution in [0.3, 0.4) is 0 Å². The number of imide groups is 1. The molecule has 0 spiro atoms. The monoisotopic (exact) mass is 425 g/mol. The molecule has 0 saturated carbocycles. The molecule has 0 radical (unpaired) electrons. The third-order valence-corrected chi connectivity index (χ3v) is 5.64. The highest BCUT2D eigenvalue weighted by Crippen LogP contribution is 2.40. The Morgan fingerprint density at radius 2 is 1.55 bits per heavy atom. The number of hydrogen-bond donors (Lipinski definition) is 0. The lowest BCUT2D eigenvalue weighted by atomic mass is 10.0. The predicted octanol–water partition coefficient (Wildman–Crippen LogP) is 2.37.